The van der Waals surface area contributed by atoms with Crippen LogP contribution < -0.4 is 5.32 Å². The summed E-state index contributed by atoms with van der Waals surface area (Å²) >= 11 is 0. The second-order valence-electron chi connectivity index (χ2n) is 5.42. The molecule has 0 heterocycles. The normalized spacial score (nSPS) is 28.6. The lowest BCUT2D eigenvalue weighted by Gasteiger charge is -2.33. The van der Waals surface area contributed by atoms with E-state index in [9.17, 15) is 18.7 Å². The zero-order chi connectivity index (χ0) is 13.3. The summed E-state index contributed by atoms with van der Waals surface area (Å²) in [5.74, 6) is -2.84. The van der Waals surface area contributed by atoms with E-state index in [0.29, 0.717) is 0 Å². The molecule has 0 aromatic rings. The zero-order valence-corrected chi connectivity index (χ0v) is 10.3. The predicted octanol–water partition coefficient (Wildman–Crippen LogP) is 2.06. The summed E-state index contributed by atoms with van der Waals surface area (Å²) in [6.45, 7) is 5.12. The molecular weight excluding hydrogens is 232 g/mol. The maximum absolute atomic E-state index is 12.9. The number of aliphatic hydroxyl groups is 1. The third kappa shape index (κ3) is 4.85. The number of alkyl halides is 2. The quantitative estimate of drug-likeness (QED) is 0.750. The standard InChI is InChI=1S/C11H19F2NO3/c1-10(2,3)17-9(16)14-7-4-5-11(12,13)6-8(7)15/h7-8,15H,4-6H2,1-3H3,(H,14,16)/t7-,8-/m1/s1. The Bertz CT molecular complexity index is 289. The Balaban J connectivity index is 2.45. The zero-order valence-electron chi connectivity index (χ0n) is 10.3. The molecule has 1 aliphatic carbocycles. The van der Waals surface area contributed by atoms with Crippen LogP contribution in [0.5, 0.6) is 0 Å². The van der Waals surface area contributed by atoms with Gasteiger partial charge in [-0.1, -0.05) is 0 Å². The highest BCUT2D eigenvalue weighted by Gasteiger charge is 2.41. The van der Waals surface area contributed by atoms with Gasteiger partial charge in [0.15, 0.2) is 0 Å². The van der Waals surface area contributed by atoms with Crippen LogP contribution in [0.15, 0.2) is 0 Å². The molecule has 0 spiro atoms. The van der Waals surface area contributed by atoms with E-state index in [1.807, 2.05) is 0 Å². The number of amides is 1. The monoisotopic (exact) mass is 251 g/mol. The number of alkyl carbamates (subject to hydrolysis) is 1. The highest BCUT2D eigenvalue weighted by Crippen LogP contribution is 2.33. The number of rotatable bonds is 1. The van der Waals surface area contributed by atoms with E-state index in [0.717, 1.165) is 0 Å². The smallest absolute Gasteiger partial charge is 0.407 e. The third-order valence-electron chi connectivity index (χ3n) is 2.50. The van der Waals surface area contributed by atoms with Gasteiger partial charge in [0.2, 0.25) is 0 Å². The minimum atomic E-state index is -2.84. The van der Waals surface area contributed by atoms with Crippen LogP contribution in [0.4, 0.5) is 13.6 Å². The highest BCUT2D eigenvalue weighted by molar-refractivity contribution is 5.68. The van der Waals surface area contributed by atoms with Crippen LogP contribution in [0.2, 0.25) is 0 Å². The van der Waals surface area contributed by atoms with E-state index in [1.54, 1.807) is 20.8 Å². The molecule has 0 saturated heterocycles. The fourth-order valence-electron chi connectivity index (χ4n) is 1.74. The van der Waals surface area contributed by atoms with Gasteiger partial charge in [-0.25, -0.2) is 13.6 Å². The fraction of sp³-hybridized carbons (Fsp3) is 0.909. The van der Waals surface area contributed by atoms with Crippen molar-refractivity contribution in [3.05, 3.63) is 0 Å². The first kappa shape index (κ1) is 14.2. The number of hydrogen-bond donors (Lipinski definition) is 2. The highest BCUT2D eigenvalue weighted by atomic mass is 19.3. The van der Waals surface area contributed by atoms with Crippen molar-refractivity contribution in [3.63, 3.8) is 0 Å². The molecule has 0 radical (unpaired) electrons. The number of aliphatic hydroxyl groups excluding tert-OH is 1. The molecule has 100 valence electrons. The lowest BCUT2D eigenvalue weighted by Crippen LogP contribution is -2.50. The molecule has 2 atom stereocenters. The molecule has 2 N–H and O–H groups in total. The van der Waals surface area contributed by atoms with Gasteiger partial charge in [-0.15, -0.1) is 0 Å². The summed E-state index contributed by atoms with van der Waals surface area (Å²) < 4.78 is 30.9. The van der Waals surface area contributed by atoms with Crippen LogP contribution in [0.1, 0.15) is 40.0 Å². The number of nitrogens with one attached hydrogen (secondary N) is 1. The Morgan fingerprint density at radius 3 is 2.53 bits per heavy atom. The number of ether oxygens (including phenoxy) is 1. The van der Waals surface area contributed by atoms with E-state index >= 15 is 0 Å². The largest absolute Gasteiger partial charge is 0.444 e. The van der Waals surface area contributed by atoms with Crippen LogP contribution in [-0.4, -0.2) is 34.9 Å². The van der Waals surface area contributed by atoms with Crippen molar-refractivity contribution in [1.82, 2.24) is 5.32 Å². The molecule has 17 heavy (non-hydrogen) atoms. The molecule has 1 amide bonds. The van der Waals surface area contributed by atoms with Gasteiger partial charge in [0.05, 0.1) is 12.1 Å². The van der Waals surface area contributed by atoms with Gasteiger partial charge in [0.25, 0.3) is 5.92 Å². The molecule has 0 bridgehead atoms. The fourth-order valence-corrected chi connectivity index (χ4v) is 1.74. The van der Waals surface area contributed by atoms with Gasteiger partial charge in [-0.05, 0) is 27.2 Å². The third-order valence-corrected chi connectivity index (χ3v) is 2.50. The van der Waals surface area contributed by atoms with Crippen molar-refractivity contribution < 1.29 is 23.4 Å². The first-order valence-corrected chi connectivity index (χ1v) is 5.64. The molecule has 1 rings (SSSR count). The second kappa shape index (κ2) is 4.76. The number of carbonyl (C=O) groups excluding carboxylic acids is 1. The van der Waals surface area contributed by atoms with E-state index in [4.69, 9.17) is 4.74 Å². The van der Waals surface area contributed by atoms with Crippen molar-refractivity contribution in [2.75, 3.05) is 0 Å². The van der Waals surface area contributed by atoms with Gasteiger partial charge in [-0.3, -0.25) is 0 Å². The maximum Gasteiger partial charge on any atom is 0.407 e. The minimum absolute atomic E-state index is 0.0490. The molecular formula is C11H19F2NO3. The minimum Gasteiger partial charge on any atom is -0.444 e. The summed E-state index contributed by atoms with van der Waals surface area (Å²) in [6, 6.07) is -0.663. The average Bonchev–Trinajstić information content (AvgIpc) is 2.06. The lowest BCUT2D eigenvalue weighted by molar-refractivity contribution is -0.0877. The van der Waals surface area contributed by atoms with E-state index < -0.39 is 36.2 Å². The van der Waals surface area contributed by atoms with Crippen LogP contribution in [0.3, 0.4) is 0 Å². The Labute approximate surface area is 99.3 Å². The summed E-state index contributed by atoms with van der Waals surface area (Å²) in [5, 5.41) is 11.9. The van der Waals surface area contributed by atoms with Crippen molar-refractivity contribution in [1.29, 1.82) is 0 Å². The SMILES string of the molecule is CC(C)(C)OC(=O)N[C@@H]1CCC(F)(F)C[C@H]1O. The van der Waals surface area contributed by atoms with Crippen LogP contribution in [0.25, 0.3) is 0 Å². The summed E-state index contributed by atoms with van der Waals surface area (Å²) in [6.07, 6.45) is -2.82. The Kier molecular flexibility index (Phi) is 3.96. The Hall–Kier alpha value is -0.910. The average molecular weight is 251 g/mol. The van der Waals surface area contributed by atoms with E-state index in [2.05, 4.69) is 5.32 Å². The molecule has 4 nitrogen and oxygen atoms in total. The number of halogens is 2. The van der Waals surface area contributed by atoms with Crippen molar-refractivity contribution in [2.24, 2.45) is 0 Å². The van der Waals surface area contributed by atoms with Crippen molar-refractivity contribution in [3.8, 4) is 0 Å². The van der Waals surface area contributed by atoms with Crippen LogP contribution in [0, 0.1) is 0 Å². The molecule has 0 aromatic carbocycles. The Morgan fingerprint density at radius 1 is 1.47 bits per heavy atom. The van der Waals surface area contributed by atoms with Crippen LogP contribution >= 0.6 is 0 Å². The van der Waals surface area contributed by atoms with E-state index in [1.165, 1.54) is 0 Å². The molecule has 1 aliphatic rings. The molecule has 1 fully saturated rings. The summed E-state index contributed by atoms with van der Waals surface area (Å²) in [7, 11) is 0. The maximum atomic E-state index is 12.9. The number of carbonyl (C=O) groups is 1. The van der Waals surface area contributed by atoms with E-state index in [-0.39, 0.29) is 12.8 Å². The molecule has 1 saturated carbocycles. The molecule has 6 heteroatoms. The number of hydrogen-bond acceptors (Lipinski definition) is 3. The first-order chi connectivity index (χ1) is 7.59. The summed E-state index contributed by atoms with van der Waals surface area (Å²) in [5.41, 5.74) is -0.645. The van der Waals surface area contributed by atoms with Crippen LogP contribution in [-0.2, 0) is 4.74 Å². The van der Waals surface area contributed by atoms with Gasteiger partial charge in [0.1, 0.15) is 5.60 Å². The molecule has 0 unspecified atom stereocenters. The first-order valence-electron chi connectivity index (χ1n) is 5.64. The summed E-state index contributed by atoms with van der Waals surface area (Å²) in [4.78, 5) is 11.4. The van der Waals surface area contributed by atoms with Gasteiger partial charge >= 0.3 is 6.09 Å². The topological polar surface area (TPSA) is 58.6 Å². The van der Waals surface area contributed by atoms with Gasteiger partial charge in [0, 0.05) is 12.8 Å². The van der Waals surface area contributed by atoms with Gasteiger partial charge in [-0.2, -0.15) is 0 Å². The predicted molar refractivity (Wildman–Crippen MR) is 58.0 cm³/mol. The molecule has 0 aliphatic heterocycles. The molecule has 0 aromatic heterocycles. The van der Waals surface area contributed by atoms with Crippen molar-refractivity contribution in [2.45, 2.75) is 63.7 Å². The lowest BCUT2D eigenvalue weighted by atomic mass is 9.90. The van der Waals surface area contributed by atoms with Gasteiger partial charge < -0.3 is 15.2 Å². The van der Waals surface area contributed by atoms with Crippen molar-refractivity contribution >= 4 is 6.09 Å². The Morgan fingerprint density at radius 2 is 2.06 bits per heavy atom. The second-order valence-corrected chi connectivity index (χ2v) is 5.42.